The Kier molecular flexibility index (Phi) is 4.22. The van der Waals surface area contributed by atoms with E-state index in [9.17, 15) is 8.42 Å². The number of sulfonamides is 1. The van der Waals surface area contributed by atoms with E-state index in [1.165, 1.54) is 0 Å². The second kappa shape index (κ2) is 6.42. The Morgan fingerprint density at radius 1 is 1.19 bits per heavy atom. The first kappa shape index (κ1) is 17.1. The molecule has 0 bridgehead atoms. The van der Waals surface area contributed by atoms with Gasteiger partial charge < -0.3 is 4.74 Å². The molecule has 1 atom stereocenters. The third-order valence-electron chi connectivity index (χ3n) is 4.16. The molecule has 7 nitrogen and oxygen atoms in total. The lowest BCUT2D eigenvalue weighted by atomic mass is 10.0. The van der Waals surface area contributed by atoms with E-state index in [-0.39, 0.29) is 10.4 Å². The van der Waals surface area contributed by atoms with Crippen molar-refractivity contribution in [2.75, 3.05) is 13.7 Å². The number of hydrogen-bond acceptors (Lipinski definition) is 7. The van der Waals surface area contributed by atoms with Gasteiger partial charge in [-0.2, -0.15) is 0 Å². The average Bonchev–Trinajstić information content (AvgIpc) is 3.21. The maximum atomic E-state index is 11.4. The number of nitrogens with two attached hydrogens (primary N) is 1. The molecule has 0 spiro atoms. The van der Waals surface area contributed by atoms with Crippen LogP contribution in [-0.2, 0) is 10.0 Å². The standard InChI is InChI=1S/C17H16N4O3S2/c1-24-14-4-2-3-13(9-14)11-5-7-12(8-6-11)15-10-21-16(19-15)25-17(20-21)26(18,22)23/h2-9,15H,10H2,1H3,(H2,18,22,23). The molecule has 2 N–H and O–H groups in total. The van der Waals surface area contributed by atoms with Crippen LogP contribution in [0.2, 0.25) is 0 Å². The van der Waals surface area contributed by atoms with Crippen LogP contribution >= 0.6 is 11.8 Å². The second-order valence-corrected chi connectivity index (χ2v) is 8.57. The Morgan fingerprint density at radius 3 is 2.62 bits per heavy atom. The molecule has 2 heterocycles. The van der Waals surface area contributed by atoms with Crippen LogP contribution < -0.4 is 9.88 Å². The van der Waals surface area contributed by atoms with Gasteiger partial charge in [0, 0.05) is 0 Å². The molecule has 4 rings (SSSR count). The van der Waals surface area contributed by atoms with Gasteiger partial charge in [0.25, 0.3) is 10.0 Å². The summed E-state index contributed by atoms with van der Waals surface area (Å²) in [6.45, 7) is 0.500. The molecule has 134 valence electrons. The number of hydrogen-bond donors (Lipinski definition) is 1. The molecule has 0 fully saturated rings. The van der Waals surface area contributed by atoms with Crippen molar-refractivity contribution in [2.24, 2.45) is 15.2 Å². The van der Waals surface area contributed by atoms with Crippen LogP contribution in [0, 0.1) is 0 Å². The van der Waals surface area contributed by atoms with Gasteiger partial charge in [-0.25, -0.2) is 18.6 Å². The number of primary sulfonamides is 1. The van der Waals surface area contributed by atoms with Crippen molar-refractivity contribution in [2.45, 2.75) is 6.04 Å². The first-order valence-electron chi connectivity index (χ1n) is 7.83. The summed E-state index contributed by atoms with van der Waals surface area (Å²) in [5, 5.41) is 11.3. The molecule has 0 radical (unpaired) electrons. The normalized spacial score (nSPS) is 19.2. The predicted molar refractivity (Wildman–Crippen MR) is 103 cm³/mol. The smallest absolute Gasteiger partial charge is 0.264 e. The van der Waals surface area contributed by atoms with Crippen molar-refractivity contribution < 1.29 is 13.2 Å². The fourth-order valence-electron chi connectivity index (χ4n) is 2.84. The minimum atomic E-state index is -3.79. The molecule has 0 aromatic heterocycles. The topological polar surface area (TPSA) is 97.3 Å². The number of benzene rings is 2. The number of fused-ring (bicyclic) bond motifs is 1. The Balaban J connectivity index is 1.52. The largest absolute Gasteiger partial charge is 0.497 e. The van der Waals surface area contributed by atoms with Gasteiger partial charge in [0.15, 0.2) is 5.17 Å². The first-order valence-corrected chi connectivity index (χ1v) is 10.2. The number of rotatable bonds is 3. The highest BCUT2D eigenvalue weighted by Crippen LogP contribution is 2.35. The molecular formula is C17H16N4O3S2. The highest BCUT2D eigenvalue weighted by molar-refractivity contribution is 8.42. The Hall–Kier alpha value is -2.36. The van der Waals surface area contributed by atoms with Crippen molar-refractivity contribution in [1.82, 2.24) is 5.01 Å². The van der Waals surface area contributed by atoms with Crippen molar-refractivity contribution in [1.29, 1.82) is 0 Å². The molecule has 2 aliphatic heterocycles. The number of thioether (sulfide) groups is 1. The number of nitrogens with zero attached hydrogens (tertiary/aromatic N) is 3. The lowest BCUT2D eigenvalue weighted by Gasteiger charge is -2.11. The van der Waals surface area contributed by atoms with Crippen LogP contribution in [0.1, 0.15) is 11.6 Å². The molecule has 0 saturated carbocycles. The molecular weight excluding hydrogens is 372 g/mol. The lowest BCUT2D eigenvalue weighted by Crippen LogP contribution is -2.20. The number of amidine groups is 1. The van der Waals surface area contributed by atoms with Crippen LogP contribution in [-0.4, -0.2) is 36.6 Å². The van der Waals surface area contributed by atoms with E-state index in [1.54, 1.807) is 12.1 Å². The molecule has 2 aromatic rings. The van der Waals surface area contributed by atoms with E-state index in [0.29, 0.717) is 11.7 Å². The van der Waals surface area contributed by atoms with Gasteiger partial charge in [-0.05, 0) is 40.6 Å². The Labute approximate surface area is 155 Å². The van der Waals surface area contributed by atoms with Gasteiger partial charge in [0.2, 0.25) is 4.38 Å². The fraction of sp³-hybridized carbons (Fsp3) is 0.176. The summed E-state index contributed by atoms with van der Waals surface area (Å²) in [5.74, 6) is 0.815. The fourth-order valence-corrected chi connectivity index (χ4v) is 4.43. The van der Waals surface area contributed by atoms with Gasteiger partial charge in [-0.15, -0.1) is 5.10 Å². The van der Waals surface area contributed by atoms with Crippen molar-refractivity contribution in [3.63, 3.8) is 0 Å². The number of methoxy groups -OCH3 is 1. The van der Waals surface area contributed by atoms with Gasteiger partial charge in [0.1, 0.15) is 5.75 Å². The van der Waals surface area contributed by atoms with E-state index >= 15 is 0 Å². The minimum absolute atomic E-state index is 0.0809. The molecule has 0 aliphatic carbocycles. The number of ether oxygens (including phenoxy) is 1. The zero-order chi connectivity index (χ0) is 18.3. The van der Waals surface area contributed by atoms with E-state index in [4.69, 9.17) is 9.88 Å². The number of aliphatic imine (C=N–C) groups is 1. The maximum absolute atomic E-state index is 11.4. The third kappa shape index (κ3) is 3.20. The molecule has 0 amide bonds. The van der Waals surface area contributed by atoms with Crippen LogP contribution in [0.4, 0.5) is 0 Å². The van der Waals surface area contributed by atoms with Gasteiger partial charge in [-0.3, -0.25) is 4.99 Å². The van der Waals surface area contributed by atoms with Crippen molar-refractivity contribution >= 4 is 31.3 Å². The van der Waals surface area contributed by atoms with Crippen molar-refractivity contribution in [3.8, 4) is 16.9 Å². The quantitative estimate of drug-likeness (QED) is 0.871. The average molecular weight is 388 g/mol. The molecule has 9 heteroatoms. The third-order valence-corrected chi connectivity index (χ3v) is 6.43. The summed E-state index contributed by atoms with van der Waals surface area (Å²) in [6, 6.07) is 15.9. The predicted octanol–water partition coefficient (Wildman–Crippen LogP) is 2.38. The van der Waals surface area contributed by atoms with Gasteiger partial charge in [-0.1, -0.05) is 36.4 Å². The van der Waals surface area contributed by atoms with E-state index in [2.05, 4.69) is 10.1 Å². The second-order valence-electron chi connectivity index (χ2n) is 5.88. The van der Waals surface area contributed by atoms with Crippen LogP contribution in [0.25, 0.3) is 11.1 Å². The Morgan fingerprint density at radius 2 is 1.96 bits per heavy atom. The van der Waals surface area contributed by atoms with Crippen LogP contribution in [0.5, 0.6) is 5.75 Å². The monoisotopic (exact) mass is 388 g/mol. The van der Waals surface area contributed by atoms with Gasteiger partial charge in [0.05, 0.1) is 19.7 Å². The van der Waals surface area contributed by atoms with Crippen LogP contribution in [0.3, 0.4) is 0 Å². The molecule has 2 aliphatic rings. The van der Waals surface area contributed by atoms with E-state index in [0.717, 1.165) is 34.2 Å². The summed E-state index contributed by atoms with van der Waals surface area (Å²) in [4.78, 5) is 4.56. The zero-order valence-corrected chi connectivity index (χ0v) is 15.5. The highest BCUT2D eigenvalue weighted by atomic mass is 32.3. The summed E-state index contributed by atoms with van der Waals surface area (Å²) in [6.07, 6.45) is 0. The van der Waals surface area contributed by atoms with E-state index in [1.807, 2.05) is 48.5 Å². The van der Waals surface area contributed by atoms with Crippen LogP contribution in [0.15, 0.2) is 58.6 Å². The van der Waals surface area contributed by atoms with Gasteiger partial charge >= 0.3 is 0 Å². The molecule has 0 saturated heterocycles. The Bertz CT molecular complexity index is 1020. The summed E-state index contributed by atoms with van der Waals surface area (Å²) in [5.41, 5.74) is 3.21. The lowest BCUT2D eigenvalue weighted by molar-refractivity contribution is 0.415. The zero-order valence-electron chi connectivity index (χ0n) is 13.9. The molecule has 2 aromatic carbocycles. The summed E-state index contributed by atoms with van der Waals surface area (Å²) in [7, 11) is -2.14. The highest BCUT2D eigenvalue weighted by Gasteiger charge is 2.36. The van der Waals surface area contributed by atoms with Crippen molar-refractivity contribution in [3.05, 3.63) is 54.1 Å². The maximum Gasteiger partial charge on any atom is 0.264 e. The first-order chi connectivity index (χ1) is 12.4. The molecule has 26 heavy (non-hydrogen) atoms. The summed E-state index contributed by atoms with van der Waals surface area (Å²) >= 11 is 0.990. The number of hydrazone groups is 1. The molecule has 1 unspecified atom stereocenters. The minimum Gasteiger partial charge on any atom is -0.497 e. The summed E-state index contributed by atoms with van der Waals surface area (Å²) < 4.78 is 27.9. The van der Waals surface area contributed by atoms with E-state index < -0.39 is 10.0 Å². The SMILES string of the molecule is COc1cccc(-c2ccc(C3CN4N=C(S(N)(=O)=O)SC4=N3)cc2)c1.